The van der Waals surface area contributed by atoms with Crippen LogP contribution in [0.5, 0.6) is 0 Å². The third-order valence-corrected chi connectivity index (χ3v) is 4.15. The van der Waals surface area contributed by atoms with Gasteiger partial charge in [0.15, 0.2) is 0 Å². The molecule has 132 valence electrons. The molecule has 0 aliphatic carbocycles. The summed E-state index contributed by atoms with van der Waals surface area (Å²) in [6.45, 7) is 0.310. The number of rotatable bonds is 5. The van der Waals surface area contributed by atoms with Crippen LogP contribution in [0.3, 0.4) is 0 Å². The maximum atomic E-state index is 12.4. The number of benzene rings is 2. The van der Waals surface area contributed by atoms with Crippen molar-refractivity contribution < 1.29 is 4.79 Å². The Morgan fingerprint density at radius 1 is 0.889 bits per heavy atom. The molecule has 2 aromatic heterocycles. The molecule has 4 aromatic rings. The first-order chi connectivity index (χ1) is 13.3. The van der Waals surface area contributed by atoms with Crippen LogP contribution >= 0.6 is 0 Å². The van der Waals surface area contributed by atoms with Gasteiger partial charge in [0.1, 0.15) is 5.69 Å². The lowest BCUT2D eigenvalue weighted by molar-refractivity contribution is 0.0950. The molecule has 1 N–H and O–H groups in total. The van der Waals surface area contributed by atoms with Crippen molar-refractivity contribution in [1.82, 2.24) is 25.3 Å². The van der Waals surface area contributed by atoms with Gasteiger partial charge < -0.3 is 5.32 Å². The summed E-state index contributed by atoms with van der Waals surface area (Å²) < 4.78 is 1.65. The van der Waals surface area contributed by atoms with E-state index in [1.807, 2.05) is 66.7 Å². The lowest BCUT2D eigenvalue weighted by Gasteiger charge is -2.05. The van der Waals surface area contributed by atoms with Gasteiger partial charge in [-0.05, 0) is 35.4 Å². The molecule has 2 heterocycles. The van der Waals surface area contributed by atoms with E-state index in [4.69, 9.17) is 0 Å². The summed E-state index contributed by atoms with van der Waals surface area (Å²) >= 11 is 0. The van der Waals surface area contributed by atoms with Crippen LogP contribution in [0.1, 0.15) is 16.1 Å². The monoisotopic (exact) mass is 355 g/mol. The lowest BCUT2D eigenvalue weighted by Crippen LogP contribution is -2.22. The van der Waals surface area contributed by atoms with Gasteiger partial charge in [0, 0.05) is 18.0 Å². The molecule has 0 saturated carbocycles. The third kappa shape index (κ3) is 3.90. The van der Waals surface area contributed by atoms with Crippen LogP contribution in [0, 0.1) is 0 Å². The Labute approximate surface area is 156 Å². The predicted molar refractivity (Wildman–Crippen MR) is 102 cm³/mol. The van der Waals surface area contributed by atoms with E-state index >= 15 is 0 Å². The Bertz CT molecular complexity index is 1030. The summed E-state index contributed by atoms with van der Waals surface area (Å²) in [7, 11) is 0. The number of pyridine rings is 1. The van der Waals surface area contributed by atoms with Crippen LogP contribution in [0.25, 0.3) is 16.8 Å². The average molecular weight is 355 g/mol. The molecule has 0 radical (unpaired) electrons. The van der Waals surface area contributed by atoms with E-state index in [2.05, 4.69) is 20.6 Å². The van der Waals surface area contributed by atoms with Crippen molar-refractivity contribution in [2.45, 2.75) is 6.54 Å². The number of hydrogen-bond donors (Lipinski definition) is 1. The van der Waals surface area contributed by atoms with Gasteiger partial charge in [-0.2, -0.15) is 0 Å². The zero-order valence-electron chi connectivity index (χ0n) is 14.5. The van der Waals surface area contributed by atoms with E-state index in [1.54, 1.807) is 23.3 Å². The van der Waals surface area contributed by atoms with Crippen LogP contribution in [0.2, 0.25) is 0 Å². The molecule has 6 heteroatoms. The number of hydrogen-bond acceptors (Lipinski definition) is 4. The van der Waals surface area contributed by atoms with Crippen molar-refractivity contribution >= 4 is 5.91 Å². The zero-order chi connectivity index (χ0) is 18.5. The van der Waals surface area contributed by atoms with E-state index in [9.17, 15) is 4.79 Å². The fourth-order valence-corrected chi connectivity index (χ4v) is 2.72. The maximum Gasteiger partial charge on any atom is 0.251 e. The summed E-state index contributed by atoms with van der Waals surface area (Å²) in [5.41, 5.74) is 4.36. The maximum absolute atomic E-state index is 12.4. The number of nitrogens with one attached hydrogen (secondary N) is 1. The first-order valence-corrected chi connectivity index (χ1v) is 8.55. The second kappa shape index (κ2) is 7.61. The van der Waals surface area contributed by atoms with E-state index in [0.29, 0.717) is 17.8 Å². The van der Waals surface area contributed by atoms with Crippen molar-refractivity contribution in [1.29, 1.82) is 0 Å². The fourth-order valence-electron chi connectivity index (χ4n) is 2.72. The first-order valence-electron chi connectivity index (χ1n) is 8.55. The quantitative estimate of drug-likeness (QED) is 0.596. The average Bonchev–Trinajstić information content (AvgIpc) is 3.22. The van der Waals surface area contributed by atoms with Crippen molar-refractivity contribution in [2.75, 3.05) is 0 Å². The second-order valence-electron chi connectivity index (χ2n) is 5.99. The highest BCUT2D eigenvalue weighted by Gasteiger charge is 2.08. The van der Waals surface area contributed by atoms with Gasteiger partial charge in [-0.1, -0.05) is 47.7 Å². The van der Waals surface area contributed by atoms with Gasteiger partial charge in [0.2, 0.25) is 0 Å². The highest BCUT2D eigenvalue weighted by Crippen LogP contribution is 2.19. The molecule has 6 nitrogen and oxygen atoms in total. The van der Waals surface area contributed by atoms with E-state index in [0.717, 1.165) is 16.8 Å². The van der Waals surface area contributed by atoms with Crippen LogP contribution in [-0.2, 0) is 6.54 Å². The predicted octanol–water partition coefficient (Wildman–Crippen LogP) is 3.26. The molecule has 4 rings (SSSR count). The Morgan fingerprint density at radius 2 is 1.59 bits per heavy atom. The number of amides is 1. The molecule has 0 aliphatic heterocycles. The minimum atomic E-state index is -0.145. The molecule has 0 aliphatic rings. The standard InChI is InChI=1S/C21H17N5O/c27-21(18-8-6-17(7-9-18)16-4-2-1-3-5-16)23-14-19-15-26(25-24-19)20-10-12-22-13-11-20/h1-13,15H,14H2,(H,23,27). The normalized spacial score (nSPS) is 10.5. The van der Waals surface area contributed by atoms with Crippen molar-refractivity contribution in [2.24, 2.45) is 0 Å². The molecule has 0 saturated heterocycles. The largest absolute Gasteiger partial charge is 0.346 e. The summed E-state index contributed by atoms with van der Waals surface area (Å²) in [5, 5.41) is 11.0. The van der Waals surface area contributed by atoms with Gasteiger partial charge in [0.05, 0.1) is 18.4 Å². The number of carbonyl (C=O) groups is 1. The minimum Gasteiger partial charge on any atom is -0.346 e. The van der Waals surface area contributed by atoms with Crippen LogP contribution in [0.4, 0.5) is 0 Å². The number of carbonyl (C=O) groups excluding carboxylic acids is 1. The van der Waals surface area contributed by atoms with E-state index in [-0.39, 0.29) is 5.91 Å². The van der Waals surface area contributed by atoms with Gasteiger partial charge in [-0.25, -0.2) is 4.68 Å². The minimum absolute atomic E-state index is 0.145. The topological polar surface area (TPSA) is 72.7 Å². The SMILES string of the molecule is O=C(NCc1cn(-c2ccncc2)nn1)c1ccc(-c2ccccc2)cc1. The van der Waals surface area contributed by atoms with Crippen molar-refractivity contribution in [3.8, 4) is 16.8 Å². The Hall–Kier alpha value is -3.80. The molecule has 0 atom stereocenters. The molecule has 0 spiro atoms. The molecule has 1 amide bonds. The number of nitrogens with zero attached hydrogens (tertiary/aromatic N) is 4. The van der Waals surface area contributed by atoms with Crippen LogP contribution < -0.4 is 5.32 Å². The van der Waals surface area contributed by atoms with Crippen molar-refractivity contribution in [3.63, 3.8) is 0 Å². The molecular formula is C21H17N5O. The molecule has 0 bridgehead atoms. The molecule has 2 aromatic carbocycles. The summed E-state index contributed by atoms with van der Waals surface area (Å²) in [6.07, 6.45) is 5.17. The summed E-state index contributed by atoms with van der Waals surface area (Å²) in [6, 6.07) is 21.3. The number of aromatic nitrogens is 4. The van der Waals surface area contributed by atoms with Crippen molar-refractivity contribution in [3.05, 3.63) is 96.6 Å². The highest BCUT2D eigenvalue weighted by molar-refractivity contribution is 5.94. The van der Waals surface area contributed by atoms with Gasteiger partial charge in [-0.3, -0.25) is 9.78 Å². The van der Waals surface area contributed by atoms with Crippen LogP contribution in [0.15, 0.2) is 85.3 Å². The van der Waals surface area contributed by atoms with Gasteiger partial charge >= 0.3 is 0 Å². The molecule has 0 unspecified atom stereocenters. The highest BCUT2D eigenvalue weighted by atomic mass is 16.1. The fraction of sp³-hybridized carbons (Fsp3) is 0.0476. The van der Waals surface area contributed by atoms with Gasteiger partial charge in [0.25, 0.3) is 5.91 Å². The second-order valence-corrected chi connectivity index (χ2v) is 5.99. The Morgan fingerprint density at radius 3 is 2.33 bits per heavy atom. The molecule has 27 heavy (non-hydrogen) atoms. The Balaban J connectivity index is 1.39. The molecular weight excluding hydrogens is 338 g/mol. The smallest absolute Gasteiger partial charge is 0.251 e. The first kappa shape index (κ1) is 16.7. The van der Waals surface area contributed by atoms with Crippen LogP contribution in [-0.4, -0.2) is 25.9 Å². The molecule has 0 fully saturated rings. The van der Waals surface area contributed by atoms with E-state index < -0.39 is 0 Å². The summed E-state index contributed by atoms with van der Waals surface area (Å²) in [4.78, 5) is 16.3. The van der Waals surface area contributed by atoms with E-state index in [1.165, 1.54) is 0 Å². The lowest BCUT2D eigenvalue weighted by atomic mass is 10.0. The Kier molecular flexibility index (Phi) is 4.70. The third-order valence-electron chi connectivity index (χ3n) is 4.15. The summed E-state index contributed by atoms with van der Waals surface area (Å²) in [5.74, 6) is -0.145. The zero-order valence-corrected chi connectivity index (χ0v) is 14.5. The van der Waals surface area contributed by atoms with Gasteiger partial charge in [-0.15, -0.1) is 5.10 Å².